The predicted molar refractivity (Wildman–Crippen MR) is 105 cm³/mol. The van der Waals surface area contributed by atoms with Crippen molar-refractivity contribution in [1.29, 1.82) is 0 Å². The number of aryl methyl sites for hydroxylation is 1. The normalized spacial score (nSPS) is 15.1. The Hall–Kier alpha value is -2.89. The van der Waals surface area contributed by atoms with E-state index in [2.05, 4.69) is 34.5 Å². The van der Waals surface area contributed by atoms with Gasteiger partial charge in [-0.25, -0.2) is 4.52 Å². The average Bonchev–Trinajstić information content (AvgIpc) is 3.39. The fourth-order valence-corrected chi connectivity index (χ4v) is 3.30. The zero-order valence-electron chi connectivity index (χ0n) is 15.9. The summed E-state index contributed by atoms with van der Waals surface area (Å²) in [5.74, 6) is 0.376. The molecule has 1 atom stereocenters. The lowest BCUT2D eigenvalue weighted by Gasteiger charge is -2.09. The van der Waals surface area contributed by atoms with Gasteiger partial charge in [-0.2, -0.15) is 5.10 Å². The number of amides is 1. The van der Waals surface area contributed by atoms with E-state index in [1.165, 1.54) is 34.6 Å². The molecule has 6 nitrogen and oxygen atoms in total. The number of nitrogens with one attached hydrogen (secondary N) is 2. The maximum absolute atomic E-state index is 12.5. The van der Waals surface area contributed by atoms with Gasteiger partial charge < -0.3 is 10.3 Å². The lowest BCUT2D eigenvalue weighted by Crippen LogP contribution is -2.32. The zero-order chi connectivity index (χ0) is 19.1. The van der Waals surface area contributed by atoms with E-state index in [-0.39, 0.29) is 23.2 Å². The van der Waals surface area contributed by atoms with E-state index in [1.54, 1.807) is 6.20 Å². The number of hydrogen-bond acceptors (Lipinski definition) is 3. The molecule has 0 bridgehead atoms. The minimum Gasteiger partial charge on any atom is -0.348 e. The Morgan fingerprint density at radius 1 is 1.37 bits per heavy atom. The fourth-order valence-electron chi connectivity index (χ4n) is 3.30. The van der Waals surface area contributed by atoms with E-state index >= 15 is 0 Å². The first-order chi connectivity index (χ1) is 13.0. The molecule has 2 N–H and O–H groups in total. The molecular formula is C21H24N4O2. The van der Waals surface area contributed by atoms with Gasteiger partial charge in [0.15, 0.2) is 5.69 Å². The third-order valence-corrected chi connectivity index (χ3v) is 5.30. The van der Waals surface area contributed by atoms with Gasteiger partial charge in [0.1, 0.15) is 5.52 Å². The molecule has 2 aromatic heterocycles. The van der Waals surface area contributed by atoms with Crippen LogP contribution in [-0.2, 0) is 0 Å². The van der Waals surface area contributed by atoms with Gasteiger partial charge in [-0.1, -0.05) is 19.1 Å². The molecule has 27 heavy (non-hydrogen) atoms. The molecule has 6 heteroatoms. The zero-order valence-corrected chi connectivity index (χ0v) is 15.9. The molecular weight excluding hydrogens is 340 g/mol. The fraction of sp³-hybridized carbons (Fsp3) is 0.381. The molecule has 1 amide bonds. The number of carbonyl (C=O) groups excluding carboxylic acids is 1. The molecule has 0 radical (unpaired) electrons. The Morgan fingerprint density at radius 3 is 2.85 bits per heavy atom. The van der Waals surface area contributed by atoms with Gasteiger partial charge in [0.25, 0.3) is 11.5 Å². The number of carbonyl (C=O) groups is 1. The van der Waals surface area contributed by atoms with Crippen molar-refractivity contribution in [2.45, 2.75) is 52.0 Å². The van der Waals surface area contributed by atoms with Crippen molar-refractivity contribution in [1.82, 2.24) is 19.9 Å². The summed E-state index contributed by atoms with van der Waals surface area (Å²) in [5.41, 5.74) is 4.66. The maximum Gasteiger partial charge on any atom is 0.274 e. The minimum absolute atomic E-state index is 0.0598. The first-order valence-electron chi connectivity index (χ1n) is 9.50. The number of benzene rings is 1. The Kier molecular flexibility index (Phi) is 4.34. The third kappa shape index (κ3) is 3.39. The molecule has 3 aromatic rings. The van der Waals surface area contributed by atoms with Crippen molar-refractivity contribution in [3.05, 3.63) is 57.6 Å². The SMILES string of the molecule is CC[C@@H](C)NC(=O)c1cc2c(=O)[nH]c(-c3ccc(C)c(C4CC4)c3)cn2n1. The van der Waals surface area contributed by atoms with Gasteiger partial charge >= 0.3 is 0 Å². The largest absolute Gasteiger partial charge is 0.348 e. The summed E-state index contributed by atoms with van der Waals surface area (Å²) in [5, 5.41) is 7.20. The minimum atomic E-state index is -0.264. The van der Waals surface area contributed by atoms with E-state index in [0.29, 0.717) is 17.1 Å². The van der Waals surface area contributed by atoms with Crippen LogP contribution >= 0.6 is 0 Å². The van der Waals surface area contributed by atoms with Gasteiger partial charge in [0.05, 0.1) is 11.9 Å². The summed E-state index contributed by atoms with van der Waals surface area (Å²) in [4.78, 5) is 27.8. The summed E-state index contributed by atoms with van der Waals surface area (Å²) in [6.07, 6.45) is 5.07. The Morgan fingerprint density at radius 2 is 2.15 bits per heavy atom. The number of H-pyrrole nitrogens is 1. The summed E-state index contributed by atoms with van der Waals surface area (Å²) >= 11 is 0. The quantitative estimate of drug-likeness (QED) is 0.728. The lowest BCUT2D eigenvalue weighted by molar-refractivity contribution is 0.0934. The molecule has 4 rings (SSSR count). The van der Waals surface area contributed by atoms with E-state index in [9.17, 15) is 9.59 Å². The second-order valence-corrected chi connectivity index (χ2v) is 7.48. The molecule has 0 aliphatic heterocycles. The molecule has 1 aromatic carbocycles. The second-order valence-electron chi connectivity index (χ2n) is 7.48. The highest BCUT2D eigenvalue weighted by Gasteiger charge is 2.25. The molecule has 1 aliphatic rings. The third-order valence-electron chi connectivity index (χ3n) is 5.30. The van der Waals surface area contributed by atoms with Crippen molar-refractivity contribution in [3.8, 4) is 11.3 Å². The maximum atomic E-state index is 12.5. The molecule has 140 valence electrons. The summed E-state index contributed by atoms with van der Waals surface area (Å²) < 4.78 is 1.50. The summed E-state index contributed by atoms with van der Waals surface area (Å²) in [7, 11) is 0. The average molecular weight is 364 g/mol. The standard InChI is InChI=1S/C21H24N4O2/c1-4-13(3)22-20(26)17-10-19-21(27)23-18(11-25(19)24-17)15-6-5-12(2)16(9-15)14-7-8-14/h5-6,9-11,13-14H,4,7-8H2,1-3H3,(H,22,26)(H,23,27)/t13-/m1/s1. The number of nitrogens with zero attached hydrogens (tertiary/aromatic N) is 2. The van der Waals surface area contributed by atoms with Crippen molar-refractivity contribution < 1.29 is 4.79 Å². The Balaban J connectivity index is 1.72. The Bertz CT molecular complexity index is 1080. The van der Waals surface area contributed by atoms with Crippen molar-refractivity contribution >= 4 is 11.4 Å². The lowest BCUT2D eigenvalue weighted by atomic mass is 10.00. The first-order valence-corrected chi connectivity index (χ1v) is 9.50. The highest BCUT2D eigenvalue weighted by atomic mass is 16.2. The Labute approximate surface area is 157 Å². The number of hydrogen-bond donors (Lipinski definition) is 2. The monoisotopic (exact) mass is 364 g/mol. The van der Waals surface area contributed by atoms with Crippen molar-refractivity contribution in [3.63, 3.8) is 0 Å². The molecule has 0 spiro atoms. The van der Waals surface area contributed by atoms with Crippen LogP contribution < -0.4 is 10.9 Å². The van der Waals surface area contributed by atoms with Crippen LogP contribution in [0.5, 0.6) is 0 Å². The van der Waals surface area contributed by atoms with Crippen LogP contribution in [0.2, 0.25) is 0 Å². The molecule has 1 saturated carbocycles. The van der Waals surface area contributed by atoms with E-state index in [1.807, 2.05) is 19.9 Å². The highest BCUT2D eigenvalue weighted by molar-refractivity contribution is 5.93. The molecule has 1 aliphatic carbocycles. The smallest absolute Gasteiger partial charge is 0.274 e. The topological polar surface area (TPSA) is 79.3 Å². The summed E-state index contributed by atoms with van der Waals surface area (Å²) in [6, 6.07) is 7.86. The van der Waals surface area contributed by atoms with Gasteiger partial charge in [-0.3, -0.25) is 9.59 Å². The van der Waals surface area contributed by atoms with E-state index in [4.69, 9.17) is 0 Å². The molecule has 1 fully saturated rings. The first kappa shape index (κ1) is 17.5. The van der Waals surface area contributed by atoms with Crippen LogP contribution in [0.1, 0.15) is 60.6 Å². The van der Waals surface area contributed by atoms with Crippen LogP contribution in [0.15, 0.2) is 35.3 Å². The number of fused-ring (bicyclic) bond motifs is 1. The molecule has 2 heterocycles. The molecule has 0 saturated heterocycles. The van der Waals surface area contributed by atoms with Crippen LogP contribution in [-0.4, -0.2) is 26.5 Å². The van der Waals surface area contributed by atoms with E-state index < -0.39 is 0 Å². The second kappa shape index (κ2) is 6.68. The number of aromatic nitrogens is 3. The van der Waals surface area contributed by atoms with Crippen LogP contribution in [0, 0.1) is 6.92 Å². The predicted octanol–water partition coefficient (Wildman–Crippen LogP) is 3.40. The van der Waals surface area contributed by atoms with Gasteiger partial charge in [0.2, 0.25) is 0 Å². The van der Waals surface area contributed by atoms with Crippen LogP contribution in [0.3, 0.4) is 0 Å². The van der Waals surface area contributed by atoms with Gasteiger partial charge in [-0.05, 0) is 61.8 Å². The number of aromatic amines is 1. The highest BCUT2D eigenvalue weighted by Crippen LogP contribution is 2.42. The van der Waals surface area contributed by atoms with Crippen molar-refractivity contribution in [2.75, 3.05) is 0 Å². The van der Waals surface area contributed by atoms with Crippen LogP contribution in [0.25, 0.3) is 16.8 Å². The van der Waals surface area contributed by atoms with E-state index in [0.717, 1.165) is 12.0 Å². The van der Waals surface area contributed by atoms with Gasteiger partial charge in [0, 0.05) is 12.1 Å². The number of rotatable bonds is 5. The van der Waals surface area contributed by atoms with Crippen LogP contribution in [0.4, 0.5) is 0 Å². The van der Waals surface area contributed by atoms with Gasteiger partial charge in [-0.15, -0.1) is 0 Å². The summed E-state index contributed by atoms with van der Waals surface area (Å²) in [6.45, 7) is 6.07. The molecule has 0 unspecified atom stereocenters. The van der Waals surface area contributed by atoms with Crippen molar-refractivity contribution in [2.24, 2.45) is 0 Å².